The minimum Gasteiger partial charge on any atom is -0.294 e. The number of rotatable bonds is 3. The minimum atomic E-state index is 0.0827. The van der Waals surface area contributed by atoms with Gasteiger partial charge in [-0.15, -0.1) is 0 Å². The van der Waals surface area contributed by atoms with Crippen LogP contribution in [-0.4, -0.2) is 15.6 Å². The van der Waals surface area contributed by atoms with Crippen molar-refractivity contribution in [3.63, 3.8) is 0 Å². The molecule has 0 fully saturated rings. The average molecular weight is 284 g/mol. The van der Waals surface area contributed by atoms with Crippen LogP contribution in [0.4, 0.5) is 0 Å². The van der Waals surface area contributed by atoms with Crippen LogP contribution >= 0.6 is 0 Å². The van der Waals surface area contributed by atoms with Gasteiger partial charge in [0.25, 0.3) is 0 Å². The van der Waals surface area contributed by atoms with Gasteiger partial charge in [-0.1, -0.05) is 45.0 Å². The second-order valence-electron chi connectivity index (χ2n) is 6.71. The summed E-state index contributed by atoms with van der Waals surface area (Å²) in [6.45, 7) is 12.8. The molecule has 0 atom stereocenters. The van der Waals surface area contributed by atoms with Crippen LogP contribution in [0, 0.1) is 13.8 Å². The largest absolute Gasteiger partial charge is 0.294 e. The quantitative estimate of drug-likeness (QED) is 0.797. The number of carbonyl (C=O) groups excluding carboxylic acids is 1. The molecule has 0 saturated carbocycles. The number of ketones is 1. The Bertz CT molecular complexity index is 658. The number of carbonyl (C=O) groups is 1. The van der Waals surface area contributed by atoms with E-state index in [0.717, 1.165) is 17.0 Å². The first kappa shape index (κ1) is 15.5. The topological polar surface area (TPSA) is 34.9 Å². The number of Topliss-reactive ketones (excluding diaryl/α,β-unsaturated/α-hetero) is 1. The van der Waals surface area contributed by atoms with E-state index in [4.69, 9.17) is 0 Å². The molecular formula is C18H24N2O. The molecule has 0 radical (unpaired) electrons. The number of aryl methyl sites for hydroxylation is 1. The highest BCUT2D eigenvalue weighted by Crippen LogP contribution is 2.23. The molecule has 2 aromatic rings. The molecule has 0 bridgehead atoms. The Morgan fingerprint density at radius 3 is 2.14 bits per heavy atom. The van der Waals surface area contributed by atoms with Crippen LogP contribution < -0.4 is 0 Å². The van der Waals surface area contributed by atoms with Crippen molar-refractivity contribution in [2.24, 2.45) is 0 Å². The van der Waals surface area contributed by atoms with E-state index in [-0.39, 0.29) is 11.2 Å². The van der Waals surface area contributed by atoms with E-state index in [1.54, 1.807) is 6.92 Å². The van der Waals surface area contributed by atoms with E-state index < -0.39 is 0 Å². The highest BCUT2D eigenvalue weighted by molar-refractivity contribution is 5.96. The number of hydrogen-bond acceptors (Lipinski definition) is 2. The number of aromatic nitrogens is 2. The molecule has 0 N–H and O–H groups in total. The van der Waals surface area contributed by atoms with Crippen LogP contribution in [0.15, 0.2) is 24.3 Å². The fraction of sp³-hybridized carbons (Fsp3) is 0.444. The van der Waals surface area contributed by atoms with Crippen LogP contribution in [0.2, 0.25) is 0 Å². The Labute approximate surface area is 127 Å². The van der Waals surface area contributed by atoms with Crippen LogP contribution in [0.1, 0.15) is 60.6 Å². The molecular weight excluding hydrogens is 260 g/mol. The van der Waals surface area contributed by atoms with E-state index in [2.05, 4.69) is 50.1 Å². The Kier molecular flexibility index (Phi) is 4.04. The summed E-state index contributed by atoms with van der Waals surface area (Å²) in [4.78, 5) is 11.7. The zero-order chi connectivity index (χ0) is 15.8. The fourth-order valence-corrected chi connectivity index (χ4v) is 2.64. The summed E-state index contributed by atoms with van der Waals surface area (Å²) >= 11 is 0. The maximum absolute atomic E-state index is 11.7. The molecule has 3 heteroatoms. The molecule has 1 aromatic carbocycles. The Morgan fingerprint density at radius 2 is 1.71 bits per heavy atom. The van der Waals surface area contributed by atoms with E-state index >= 15 is 0 Å². The van der Waals surface area contributed by atoms with Crippen LogP contribution in [0.5, 0.6) is 0 Å². The van der Waals surface area contributed by atoms with Gasteiger partial charge in [0.05, 0.1) is 17.8 Å². The first-order valence-electron chi connectivity index (χ1n) is 7.34. The summed E-state index contributed by atoms with van der Waals surface area (Å²) in [6.07, 6.45) is 0. The molecule has 0 saturated heterocycles. The lowest BCUT2D eigenvalue weighted by molar-refractivity contribution is 0.101. The van der Waals surface area contributed by atoms with E-state index in [0.29, 0.717) is 6.54 Å². The molecule has 0 unspecified atom stereocenters. The van der Waals surface area contributed by atoms with Gasteiger partial charge in [0, 0.05) is 5.69 Å². The van der Waals surface area contributed by atoms with Gasteiger partial charge in [-0.05, 0) is 37.3 Å². The normalized spacial score (nSPS) is 11.7. The third kappa shape index (κ3) is 3.23. The zero-order valence-electron chi connectivity index (χ0n) is 13.8. The maximum Gasteiger partial charge on any atom is 0.163 e. The fourth-order valence-electron chi connectivity index (χ4n) is 2.64. The summed E-state index contributed by atoms with van der Waals surface area (Å²) in [5, 5.41) is 4.49. The van der Waals surface area contributed by atoms with Crippen molar-refractivity contribution in [1.29, 1.82) is 0 Å². The van der Waals surface area contributed by atoms with Gasteiger partial charge in [-0.25, -0.2) is 0 Å². The van der Waals surface area contributed by atoms with E-state index in [1.807, 2.05) is 18.5 Å². The van der Waals surface area contributed by atoms with Gasteiger partial charge in [-0.3, -0.25) is 9.48 Å². The molecule has 3 nitrogen and oxygen atoms in total. The Hall–Kier alpha value is -1.90. The lowest BCUT2D eigenvalue weighted by Gasteiger charge is -2.19. The van der Waals surface area contributed by atoms with Gasteiger partial charge in [-0.2, -0.15) is 5.10 Å². The SMILES string of the molecule is CC(=O)c1c(C)nn(Cc2ccc(C(C)(C)C)cc2)c1C. The average Bonchev–Trinajstić information content (AvgIpc) is 2.64. The van der Waals surface area contributed by atoms with Crippen molar-refractivity contribution in [1.82, 2.24) is 9.78 Å². The van der Waals surface area contributed by atoms with Crippen LogP contribution in [-0.2, 0) is 12.0 Å². The summed E-state index contributed by atoms with van der Waals surface area (Å²) in [6, 6.07) is 8.63. The molecule has 0 aliphatic heterocycles. The Morgan fingerprint density at radius 1 is 1.14 bits per heavy atom. The Balaban J connectivity index is 2.27. The lowest BCUT2D eigenvalue weighted by Crippen LogP contribution is -2.11. The summed E-state index contributed by atoms with van der Waals surface area (Å²) in [7, 11) is 0. The third-order valence-electron chi connectivity index (χ3n) is 3.89. The minimum absolute atomic E-state index is 0.0827. The highest BCUT2D eigenvalue weighted by atomic mass is 16.1. The lowest BCUT2D eigenvalue weighted by atomic mass is 9.87. The van der Waals surface area contributed by atoms with Crippen molar-refractivity contribution in [3.8, 4) is 0 Å². The molecule has 0 aliphatic carbocycles. The molecule has 0 aliphatic rings. The van der Waals surface area contributed by atoms with Gasteiger partial charge in [0.1, 0.15) is 0 Å². The smallest absolute Gasteiger partial charge is 0.163 e. The third-order valence-corrected chi connectivity index (χ3v) is 3.89. The standard InChI is InChI=1S/C18H24N2O/c1-12-17(14(3)21)13(2)20(19-12)11-15-7-9-16(10-8-15)18(4,5)6/h7-10H,11H2,1-6H3. The first-order chi connectivity index (χ1) is 9.70. The van der Waals surface area contributed by atoms with E-state index in [9.17, 15) is 4.79 Å². The molecule has 0 amide bonds. The molecule has 112 valence electrons. The number of nitrogens with zero attached hydrogens (tertiary/aromatic N) is 2. The van der Waals surface area contributed by atoms with Crippen LogP contribution in [0.25, 0.3) is 0 Å². The zero-order valence-corrected chi connectivity index (χ0v) is 13.8. The first-order valence-corrected chi connectivity index (χ1v) is 7.34. The van der Waals surface area contributed by atoms with Crippen molar-refractivity contribution < 1.29 is 4.79 Å². The van der Waals surface area contributed by atoms with Gasteiger partial charge in [0.15, 0.2) is 5.78 Å². The summed E-state index contributed by atoms with van der Waals surface area (Å²) in [5.41, 5.74) is 5.19. The van der Waals surface area contributed by atoms with Crippen molar-refractivity contribution in [2.75, 3.05) is 0 Å². The van der Waals surface area contributed by atoms with E-state index in [1.165, 1.54) is 11.1 Å². The number of hydrogen-bond donors (Lipinski definition) is 0. The maximum atomic E-state index is 11.7. The van der Waals surface area contributed by atoms with Crippen LogP contribution in [0.3, 0.4) is 0 Å². The predicted molar refractivity (Wildman–Crippen MR) is 85.9 cm³/mol. The molecule has 1 heterocycles. The summed E-state index contributed by atoms with van der Waals surface area (Å²) in [5.74, 6) is 0.0827. The van der Waals surface area contributed by atoms with Crippen molar-refractivity contribution in [2.45, 2.75) is 53.5 Å². The number of benzene rings is 1. The van der Waals surface area contributed by atoms with Gasteiger partial charge in [0.2, 0.25) is 0 Å². The predicted octanol–water partition coefficient (Wildman–Crippen LogP) is 4.05. The second kappa shape index (κ2) is 5.47. The van der Waals surface area contributed by atoms with Crippen molar-refractivity contribution >= 4 is 5.78 Å². The molecule has 0 spiro atoms. The monoisotopic (exact) mass is 284 g/mol. The summed E-state index contributed by atoms with van der Waals surface area (Å²) < 4.78 is 1.91. The van der Waals surface area contributed by atoms with Gasteiger partial charge < -0.3 is 0 Å². The molecule has 2 rings (SSSR count). The molecule has 1 aromatic heterocycles. The highest BCUT2D eigenvalue weighted by Gasteiger charge is 2.16. The molecule has 21 heavy (non-hydrogen) atoms. The van der Waals surface area contributed by atoms with Crippen molar-refractivity contribution in [3.05, 3.63) is 52.3 Å². The second-order valence-corrected chi connectivity index (χ2v) is 6.71. The van der Waals surface area contributed by atoms with Gasteiger partial charge >= 0.3 is 0 Å².